The van der Waals surface area contributed by atoms with Crippen LogP contribution in [0.1, 0.15) is 24.2 Å². The molecular weight excluding hydrogens is 350 g/mol. The van der Waals surface area contributed by atoms with Crippen LogP contribution in [0.4, 0.5) is 23.1 Å². The van der Waals surface area contributed by atoms with E-state index in [4.69, 9.17) is 11.5 Å². The molecule has 0 aliphatic heterocycles. The largest absolute Gasteiger partial charge is 0.368 e. The first-order valence-electron chi connectivity index (χ1n) is 8.03. The van der Waals surface area contributed by atoms with Crippen molar-refractivity contribution in [3.8, 4) is 0 Å². The van der Waals surface area contributed by atoms with Crippen molar-refractivity contribution in [3.63, 3.8) is 0 Å². The minimum atomic E-state index is -0.708. The summed E-state index contributed by atoms with van der Waals surface area (Å²) in [5, 5.41) is 5.72. The Morgan fingerprint density at radius 3 is 2.30 bits per heavy atom. The molecule has 6 N–H and O–H groups in total. The third-order valence-electron chi connectivity index (χ3n) is 3.82. The van der Waals surface area contributed by atoms with E-state index in [1.54, 1.807) is 38.2 Å². The zero-order chi connectivity index (χ0) is 20.1. The first kappa shape index (κ1) is 19.6. The average Bonchev–Trinajstić information content (AvgIpc) is 2.61. The van der Waals surface area contributed by atoms with Gasteiger partial charge in [-0.3, -0.25) is 14.4 Å². The van der Waals surface area contributed by atoms with Gasteiger partial charge < -0.3 is 27.0 Å². The molecule has 0 saturated carbocycles. The second-order valence-corrected chi connectivity index (χ2v) is 5.84. The number of benzene rings is 1. The maximum absolute atomic E-state index is 11.6. The number of nitrogens with zero attached hydrogens (tertiary/aromatic N) is 3. The van der Waals surface area contributed by atoms with E-state index >= 15 is 0 Å². The van der Waals surface area contributed by atoms with Crippen LogP contribution in [-0.2, 0) is 9.59 Å². The molecular formula is C17H21N7O3. The molecule has 0 spiro atoms. The van der Waals surface area contributed by atoms with Crippen LogP contribution in [0.25, 0.3) is 0 Å². The molecule has 0 unspecified atom stereocenters. The van der Waals surface area contributed by atoms with Crippen LogP contribution in [0, 0.1) is 0 Å². The number of hydrogen-bond donors (Lipinski definition) is 4. The number of carbonyl (C=O) groups is 3. The van der Waals surface area contributed by atoms with E-state index in [0.717, 1.165) is 0 Å². The molecule has 3 amide bonds. The Morgan fingerprint density at radius 1 is 1.15 bits per heavy atom. The van der Waals surface area contributed by atoms with Gasteiger partial charge in [0.1, 0.15) is 17.4 Å². The number of carbonyl (C=O) groups excluding carboxylic acids is 3. The van der Waals surface area contributed by atoms with Crippen molar-refractivity contribution >= 4 is 40.9 Å². The second-order valence-electron chi connectivity index (χ2n) is 5.84. The van der Waals surface area contributed by atoms with Gasteiger partial charge in [-0.25, -0.2) is 4.98 Å². The fourth-order valence-corrected chi connectivity index (χ4v) is 2.08. The lowest BCUT2D eigenvalue weighted by Crippen LogP contribution is -2.33. The van der Waals surface area contributed by atoms with Gasteiger partial charge in [0.05, 0.1) is 0 Å². The zero-order valence-electron chi connectivity index (χ0n) is 15.2. The van der Waals surface area contributed by atoms with Crippen LogP contribution in [-0.4, -0.2) is 40.8 Å². The third-order valence-corrected chi connectivity index (χ3v) is 3.82. The lowest BCUT2D eigenvalue weighted by atomic mass is 10.2. The van der Waals surface area contributed by atoms with E-state index < -0.39 is 17.9 Å². The Hall–Kier alpha value is -3.69. The van der Waals surface area contributed by atoms with E-state index in [9.17, 15) is 14.4 Å². The molecule has 10 heteroatoms. The van der Waals surface area contributed by atoms with Crippen molar-refractivity contribution in [2.24, 2.45) is 11.5 Å². The number of amides is 3. The van der Waals surface area contributed by atoms with Gasteiger partial charge in [0, 0.05) is 31.5 Å². The van der Waals surface area contributed by atoms with E-state index in [0.29, 0.717) is 11.4 Å². The van der Waals surface area contributed by atoms with E-state index in [1.807, 2.05) is 0 Å². The summed E-state index contributed by atoms with van der Waals surface area (Å²) in [6.07, 6.45) is 1.26. The molecule has 0 saturated heterocycles. The predicted octanol–water partition coefficient (Wildman–Crippen LogP) is 0.588. The highest BCUT2D eigenvalue weighted by molar-refractivity contribution is 5.98. The molecule has 2 aromatic rings. The van der Waals surface area contributed by atoms with Crippen molar-refractivity contribution in [1.82, 2.24) is 9.97 Å². The molecule has 1 aromatic carbocycles. The highest BCUT2D eigenvalue weighted by Gasteiger charge is 2.15. The monoisotopic (exact) mass is 371 g/mol. The Labute approximate surface area is 156 Å². The fraction of sp³-hybridized carbons (Fsp3) is 0.235. The molecule has 142 valence electrons. The van der Waals surface area contributed by atoms with Crippen LogP contribution >= 0.6 is 0 Å². The van der Waals surface area contributed by atoms with Crippen molar-refractivity contribution in [3.05, 3.63) is 36.0 Å². The van der Waals surface area contributed by atoms with Crippen molar-refractivity contribution < 1.29 is 14.4 Å². The molecule has 1 atom stereocenters. The molecule has 2 rings (SSSR count). The number of nitrogens with one attached hydrogen (secondary N) is 2. The number of hydrogen-bond acceptors (Lipinski definition) is 7. The molecule has 1 heterocycles. The Balaban J connectivity index is 2.28. The molecule has 0 aliphatic rings. The summed E-state index contributed by atoms with van der Waals surface area (Å²) >= 11 is 0. The summed E-state index contributed by atoms with van der Waals surface area (Å²) in [4.78, 5) is 43.9. The van der Waals surface area contributed by atoms with Crippen LogP contribution in [0.5, 0.6) is 0 Å². The molecule has 0 radical (unpaired) electrons. The molecule has 0 fully saturated rings. The zero-order valence-corrected chi connectivity index (χ0v) is 15.2. The highest BCUT2D eigenvalue weighted by atomic mass is 16.2. The summed E-state index contributed by atoms with van der Waals surface area (Å²) < 4.78 is 0. The summed E-state index contributed by atoms with van der Waals surface area (Å²) in [6, 6.07) is 6.23. The summed E-state index contributed by atoms with van der Waals surface area (Å²) in [5.74, 6) is -1.09. The van der Waals surface area contributed by atoms with Crippen molar-refractivity contribution in [2.45, 2.75) is 19.9 Å². The maximum atomic E-state index is 11.6. The van der Waals surface area contributed by atoms with Gasteiger partial charge in [0.2, 0.25) is 17.8 Å². The van der Waals surface area contributed by atoms with Gasteiger partial charge in [-0.15, -0.1) is 0 Å². The molecule has 27 heavy (non-hydrogen) atoms. The number of aromatic nitrogens is 2. The molecule has 0 bridgehead atoms. The van der Waals surface area contributed by atoms with Crippen LogP contribution in [0.3, 0.4) is 0 Å². The quantitative estimate of drug-likeness (QED) is 0.554. The van der Waals surface area contributed by atoms with Crippen LogP contribution in [0.2, 0.25) is 0 Å². The van der Waals surface area contributed by atoms with Gasteiger partial charge in [-0.1, -0.05) is 0 Å². The second kappa shape index (κ2) is 8.13. The normalized spacial score (nSPS) is 11.4. The van der Waals surface area contributed by atoms with E-state index in [1.165, 1.54) is 18.0 Å². The highest BCUT2D eigenvalue weighted by Crippen LogP contribution is 2.22. The van der Waals surface area contributed by atoms with Crippen LogP contribution in [0.15, 0.2) is 30.5 Å². The number of nitrogens with two attached hydrogens (primary N) is 2. The fourth-order valence-electron chi connectivity index (χ4n) is 2.08. The minimum Gasteiger partial charge on any atom is -0.368 e. The Bertz CT molecular complexity index is 867. The van der Waals surface area contributed by atoms with Crippen LogP contribution < -0.4 is 27.0 Å². The van der Waals surface area contributed by atoms with Gasteiger partial charge in [-0.05, 0) is 31.2 Å². The first-order chi connectivity index (χ1) is 12.7. The van der Waals surface area contributed by atoms with Crippen molar-refractivity contribution in [2.75, 3.05) is 22.6 Å². The van der Waals surface area contributed by atoms with E-state index in [-0.39, 0.29) is 23.2 Å². The Morgan fingerprint density at radius 2 is 1.78 bits per heavy atom. The van der Waals surface area contributed by atoms with Crippen molar-refractivity contribution in [1.29, 1.82) is 0 Å². The number of anilines is 4. The van der Waals surface area contributed by atoms with Gasteiger partial charge >= 0.3 is 0 Å². The standard InChI is InChI=1S/C17H21N7O3/c1-9(14(18)26)21-17-20-8-13(15(19)27)16(23-17)22-11-4-6-12(7-5-11)24(3)10(2)25/h4-9H,1-3H3,(H2,18,26)(H2,19,27)(H2,20,21,22,23)/t9-/m1/s1. The first-order valence-corrected chi connectivity index (χ1v) is 8.03. The van der Waals surface area contributed by atoms with Gasteiger partial charge in [0.25, 0.3) is 5.91 Å². The topological polar surface area (TPSA) is 156 Å². The SMILES string of the molecule is CC(=O)N(C)c1ccc(Nc2nc(N[C@H](C)C(N)=O)ncc2C(N)=O)cc1. The number of primary amides is 2. The molecule has 1 aromatic heterocycles. The molecule has 0 aliphatic carbocycles. The third kappa shape index (κ3) is 4.91. The predicted molar refractivity (Wildman–Crippen MR) is 102 cm³/mol. The molecule has 10 nitrogen and oxygen atoms in total. The number of rotatable bonds is 7. The maximum Gasteiger partial charge on any atom is 0.254 e. The lowest BCUT2D eigenvalue weighted by Gasteiger charge is -2.16. The smallest absolute Gasteiger partial charge is 0.254 e. The lowest BCUT2D eigenvalue weighted by molar-refractivity contribution is -0.118. The summed E-state index contributed by atoms with van der Waals surface area (Å²) in [6.45, 7) is 3.03. The van der Waals surface area contributed by atoms with E-state index in [2.05, 4.69) is 20.6 Å². The van der Waals surface area contributed by atoms with Gasteiger partial charge in [0.15, 0.2) is 0 Å². The minimum absolute atomic E-state index is 0.0807. The van der Waals surface area contributed by atoms with Gasteiger partial charge in [-0.2, -0.15) is 4.98 Å². The summed E-state index contributed by atoms with van der Waals surface area (Å²) in [7, 11) is 1.66. The average molecular weight is 371 g/mol. The Kier molecular flexibility index (Phi) is 5.91. The summed E-state index contributed by atoms with van der Waals surface area (Å²) in [5.41, 5.74) is 12.0.